The predicted molar refractivity (Wildman–Crippen MR) is 101 cm³/mol. The van der Waals surface area contributed by atoms with Gasteiger partial charge in [0.1, 0.15) is 0 Å². The van der Waals surface area contributed by atoms with E-state index in [9.17, 15) is 4.79 Å². The van der Waals surface area contributed by atoms with Gasteiger partial charge in [0.2, 0.25) is 0 Å². The van der Waals surface area contributed by atoms with Crippen LogP contribution in [0.5, 0.6) is 0 Å². The molecule has 25 heavy (non-hydrogen) atoms. The first-order chi connectivity index (χ1) is 12.3. The fourth-order valence-corrected chi connectivity index (χ4v) is 3.21. The Labute approximate surface area is 146 Å². The standard InChI is InChI=1S/C19H21N5O/c25-19(23-15-6-9-17-18(12-15)21-13-20-17)22-14-4-7-16(8-5-14)24-10-2-1-3-11-24/h4-9,12-13H,1-3,10-11H2,(H,20,21)(H2,22,23,25). The first-order valence-corrected chi connectivity index (χ1v) is 8.64. The summed E-state index contributed by atoms with van der Waals surface area (Å²) in [5, 5.41) is 5.71. The Morgan fingerprint density at radius 2 is 1.68 bits per heavy atom. The maximum atomic E-state index is 12.2. The molecule has 1 fully saturated rings. The lowest BCUT2D eigenvalue weighted by Crippen LogP contribution is -2.29. The number of hydrogen-bond donors (Lipinski definition) is 3. The quantitative estimate of drug-likeness (QED) is 0.672. The summed E-state index contributed by atoms with van der Waals surface area (Å²) in [5.74, 6) is 0. The topological polar surface area (TPSA) is 73.1 Å². The zero-order chi connectivity index (χ0) is 17.1. The van der Waals surface area contributed by atoms with Gasteiger partial charge >= 0.3 is 6.03 Å². The minimum atomic E-state index is -0.260. The fraction of sp³-hybridized carbons (Fsp3) is 0.263. The second kappa shape index (κ2) is 6.84. The van der Waals surface area contributed by atoms with Gasteiger partial charge in [0.05, 0.1) is 17.4 Å². The van der Waals surface area contributed by atoms with Crippen LogP contribution in [-0.2, 0) is 0 Å². The molecule has 1 aromatic heterocycles. The number of piperidine rings is 1. The van der Waals surface area contributed by atoms with Crippen LogP contribution in [0.3, 0.4) is 0 Å². The molecule has 0 spiro atoms. The number of aromatic amines is 1. The molecule has 0 radical (unpaired) electrons. The number of urea groups is 1. The molecule has 0 aliphatic carbocycles. The highest BCUT2D eigenvalue weighted by atomic mass is 16.2. The smallest absolute Gasteiger partial charge is 0.323 e. The highest BCUT2D eigenvalue weighted by Gasteiger charge is 2.11. The summed E-state index contributed by atoms with van der Waals surface area (Å²) in [6, 6.07) is 13.3. The Morgan fingerprint density at radius 1 is 0.960 bits per heavy atom. The van der Waals surface area contributed by atoms with Crippen LogP contribution in [0.15, 0.2) is 48.8 Å². The number of aromatic nitrogens is 2. The van der Waals surface area contributed by atoms with E-state index < -0.39 is 0 Å². The number of H-pyrrole nitrogens is 1. The molecule has 2 amide bonds. The Morgan fingerprint density at radius 3 is 2.48 bits per heavy atom. The normalized spacial score (nSPS) is 14.5. The number of imidazole rings is 1. The molecule has 0 saturated carbocycles. The number of benzene rings is 2. The van der Waals surface area contributed by atoms with E-state index in [4.69, 9.17) is 0 Å². The van der Waals surface area contributed by atoms with Crippen LogP contribution in [0, 0.1) is 0 Å². The van der Waals surface area contributed by atoms with Gasteiger partial charge in [0.25, 0.3) is 0 Å². The number of amides is 2. The van der Waals surface area contributed by atoms with Gasteiger partial charge in [-0.05, 0) is 61.7 Å². The minimum absolute atomic E-state index is 0.260. The highest BCUT2D eigenvalue weighted by Crippen LogP contribution is 2.22. The van der Waals surface area contributed by atoms with Gasteiger partial charge in [0, 0.05) is 30.2 Å². The first kappa shape index (κ1) is 15.5. The number of hydrogen-bond acceptors (Lipinski definition) is 3. The summed E-state index contributed by atoms with van der Waals surface area (Å²) in [4.78, 5) is 21.8. The maximum absolute atomic E-state index is 12.2. The van der Waals surface area contributed by atoms with Crippen molar-refractivity contribution in [3.8, 4) is 0 Å². The molecule has 6 heteroatoms. The van der Waals surface area contributed by atoms with Crippen molar-refractivity contribution in [2.45, 2.75) is 19.3 Å². The molecule has 2 aromatic carbocycles. The molecule has 2 heterocycles. The van der Waals surface area contributed by atoms with E-state index in [1.807, 2.05) is 30.3 Å². The fourth-order valence-electron chi connectivity index (χ4n) is 3.21. The molecule has 3 N–H and O–H groups in total. The van der Waals surface area contributed by atoms with Crippen molar-refractivity contribution in [1.82, 2.24) is 9.97 Å². The lowest BCUT2D eigenvalue weighted by Gasteiger charge is -2.28. The Bertz CT molecular complexity index is 865. The van der Waals surface area contributed by atoms with E-state index in [0.29, 0.717) is 0 Å². The second-order valence-corrected chi connectivity index (χ2v) is 6.31. The number of carbonyl (C=O) groups excluding carboxylic acids is 1. The molecule has 128 valence electrons. The molecule has 0 atom stereocenters. The van der Waals surface area contributed by atoms with Gasteiger partial charge in [0.15, 0.2) is 0 Å². The number of fused-ring (bicyclic) bond motifs is 1. The Balaban J connectivity index is 1.38. The van der Waals surface area contributed by atoms with Crippen molar-refractivity contribution >= 4 is 34.1 Å². The van der Waals surface area contributed by atoms with E-state index in [-0.39, 0.29) is 6.03 Å². The van der Waals surface area contributed by atoms with Crippen molar-refractivity contribution in [1.29, 1.82) is 0 Å². The first-order valence-electron chi connectivity index (χ1n) is 8.64. The zero-order valence-corrected chi connectivity index (χ0v) is 14.0. The average molecular weight is 335 g/mol. The largest absolute Gasteiger partial charge is 0.372 e. The molecule has 1 aliphatic heterocycles. The van der Waals surface area contributed by atoms with Crippen molar-refractivity contribution in [3.63, 3.8) is 0 Å². The SMILES string of the molecule is O=C(Nc1ccc(N2CCCCC2)cc1)Nc1ccc2nc[nH]c2c1. The summed E-state index contributed by atoms with van der Waals surface area (Å²) < 4.78 is 0. The van der Waals surface area contributed by atoms with Gasteiger partial charge in [-0.2, -0.15) is 0 Å². The summed E-state index contributed by atoms with van der Waals surface area (Å²) in [6.07, 6.45) is 5.46. The molecular formula is C19H21N5O. The lowest BCUT2D eigenvalue weighted by atomic mass is 10.1. The summed E-state index contributed by atoms with van der Waals surface area (Å²) in [7, 11) is 0. The van der Waals surface area contributed by atoms with Crippen molar-refractivity contribution in [3.05, 3.63) is 48.8 Å². The molecule has 0 unspecified atom stereocenters. The van der Waals surface area contributed by atoms with E-state index >= 15 is 0 Å². The number of rotatable bonds is 3. The molecule has 6 nitrogen and oxygen atoms in total. The lowest BCUT2D eigenvalue weighted by molar-refractivity contribution is 0.262. The van der Waals surface area contributed by atoms with Gasteiger partial charge < -0.3 is 20.5 Å². The molecular weight excluding hydrogens is 314 g/mol. The third-order valence-corrected chi connectivity index (χ3v) is 4.52. The van der Waals surface area contributed by atoms with Crippen molar-refractivity contribution in [2.24, 2.45) is 0 Å². The van der Waals surface area contributed by atoms with E-state index in [2.05, 4.69) is 37.6 Å². The van der Waals surface area contributed by atoms with E-state index in [0.717, 1.165) is 35.5 Å². The summed E-state index contributed by atoms with van der Waals surface area (Å²) >= 11 is 0. The van der Waals surface area contributed by atoms with Gasteiger partial charge in [-0.3, -0.25) is 0 Å². The number of nitrogens with zero attached hydrogens (tertiary/aromatic N) is 2. The second-order valence-electron chi connectivity index (χ2n) is 6.31. The van der Waals surface area contributed by atoms with E-state index in [1.165, 1.54) is 24.9 Å². The van der Waals surface area contributed by atoms with Crippen LogP contribution < -0.4 is 15.5 Å². The zero-order valence-electron chi connectivity index (χ0n) is 14.0. The molecule has 3 aromatic rings. The molecule has 4 rings (SSSR count). The summed E-state index contributed by atoms with van der Waals surface area (Å²) in [6.45, 7) is 2.23. The minimum Gasteiger partial charge on any atom is -0.372 e. The summed E-state index contributed by atoms with van der Waals surface area (Å²) in [5.41, 5.74) is 4.48. The van der Waals surface area contributed by atoms with Crippen LogP contribution in [0.25, 0.3) is 11.0 Å². The van der Waals surface area contributed by atoms with E-state index in [1.54, 1.807) is 6.33 Å². The predicted octanol–water partition coefficient (Wildman–Crippen LogP) is 4.20. The highest BCUT2D eigenvalue weighted by molar-refractivity contribution is 6.00. The molecule has 1 aliphatic rings. The Hall–Kier alpha value is -3.02. The number of anilines is 3. The van der Waals surface area contributed by atoms with Crippen LogP contribution in [0.2, 0.25) is 0 Å². The maximum Gasteiger partial charge on any atom is 0.323 e. The van der Waals surface area contributed by atoms with Crippen LogP contribution in [0.1, 0.15) is 19.3 Å². The molecule has 1 saturated heterocycles. The third-order valence-electron chi connectivity index (χ3n) is 4.52. The van der Waals surface area contributed by atoms with Crippen molar-refractivity contribution in [2.75, 3.05) is 28.6 Å². The average Bonchev–Trinajstić information content (AvgIpc) is 3.11. The van der Waals surface area contributed by atoms with Crippen molar-refractivity contribution < 1.29 is 4.79 Å². The van der Waals surface area contributed by atoms with Crippen LogP contribution in [-0.4, -0.2) is 29.1 Å². The monoisotopic (exact) mass is 335 g/mol. The number of carbonyl (C=O) groups is 1. The van der Waals surface area contributed by atoms with Crippen LogP contribution in [0.4, 0.5) is 21.9 Å². The van der Waals surface area contributed by atoms with Gasteiger partial charge in [-0.1, -0.05) is 0 Å². The Kier molecular flexibility index (Phi) is 4.24. The molecule has 0 bridgehead atoms. The van der Waals surface area contributed by atoms with Gasteiger partial charge in [-0.15, -0.1) is 0 Å². The number of nitrogens with one attached hydrogen (secondary N) is 3. The van der Waals surface area contributed by atoms with Gasteiger partial charge in [-0.25, -0.2) is 9.78 Å². The third kappa shape index (κ3) is 3.57. The van der Waals surface area contributed by atoms with Crippen LogP contribution >= 0.6 is 0 Å².